The quantitative estimate of drug-likeness (QED) is 0.400. The number of nitrogens with zero attached hydrogens (tertiary/aromatic N) is 4. The Kier molecular flexibility index (Phi) is 6.67. The Balaban J connectivity index is 1.70. The molecule has 3 aromatic carbocycles. The highest BCUT2D eigenvalue weighted by molar-refractivity contribution is 8.15. The number of aromatic nitrogens is 4. The van der Waals surface area contributed by atoms with E-state index in [1.54, 1.807) is 11.0 Å². The predicted octanol–water partition coefficient (Wildman–Crippen LogP) is 2.93. The van der Waals surface area contributed by atoms with Crippen LogP contribution in [-0.2, 0) is 11.3 Å². The zero-order valence-electron chi connectivity index (χ0n) is 16.4. The molecule has 1 heterocycles. The van der Waals surface area contributed by atoms with Gasteiger partial charge in [0.1, 0.15) is 35.7 Å². The van der Waals surface area contributed by atoms with E-state index in [4.69, 9.17) is 0 Å². The van der Waals surface area contributed by atoms with Crippen molar-refractivity contribution in [2.75, 3.05) is 11.9 Å². The molecule has 0 fully saturated rings. The fourth-order valence-electron chi connectivity index (χ4n) is 3.54. The molecule has 0 aliphatic rings. The van der Waals surface area contributed by atoms with Crippen LogP contribution in [0.25, 0.3) is 0 Å². The van der Waals surface area contributed by atoms with Crippen molar-refractivity contribution in [2.45, 2.75) is 6.54 Å². The van der Waals surface area contributed by atoms with Crippen LogP contribution >= 0.6 is 19.0 Å². The Bertz CT molecular complexity index is 964. The first-order chi connectivity index (χ1) is 14.8. The summed E-state index contributed by atoms with van der Waals surface area (Å²) in [4.78, 5) is 13.2. The smallest absolute Gasteiger partial charge is 0.227 e. The minimum Gasteiger partial charge on any atom is -0.283 e. The summed E-state index contributed by atoms with van der Waals surface area (Å²) in [6.45, 7) is 0.608. The highest BCUT2D eigenvalue weighted by atomic mass is 32.2. The van der Waals surface area contributed by atoms with Crippen LogP contribution in [0.1, 0.15) is 0 Å². The molecule has 5 nitrogen and oxygen atoms in total. The molecule has 4 rings (SSSR count). The van der Waals surface area contributed by atoms with Crippen LogP contribution < -0.4 is 15.9 Å². The molecule has 4 aromatic rings. The monoisotopic (exact) mass is 433 g/mol. The Hall–Kier alpha value is -2.82. The molecule has 0 aliphatic carbocycles. The second kappa shape index (κ2) is 9.79. The molecular formula is C23H22N4OPS+. The Morgan fingerprint density at radius 1 is 0.800 bits per heavy atom. The number of tetrazole rings is 1. The number of hydrogen-bond donors (Lipinski definition) is 0. The van der Waals surface area contributed by atoms with E-state index in [1.165, 1.54) is 27.7 Å². The molecule has 0 saturated carbocycles. The van der Waals surface area contributed by atoms with E-state index >= 15 is 0 Å². The molecule has 0 bridgehead atoms. The maximum atomic E-state index is 13.2. The Morgan fingerprint density at radius 2 is 1.30 bits per heavy atom. The van der Waals surface area contributed by atoms with Crippen molar-refractivity contribution < 1.29 is 4.79 Å². The summed E-state index contributed by atoms with van der Waals surface area (Å²) in [6, 6.07) is 31.4. The number of carbonyl (C=O) groups excluding carboxylic acids is 1. The minimum absolute atomic E-state index is 0.188. The van der Waals surface area contributed by atoms with Crippen molar-refractivity contribution in [2.24, 2.45) is 0 Å². The second-order valence-electron chi connectivity index (χ2n) is 6.77. The van der Waals surface area contributed by atoms with Gasteiger partial charge < -0.3 is 0 Å². The first kappa shape index (κ1) is 20.5. The van der Waals surface area contributed by atoms with Gasteiger partial charge in [-0.05, 0) is 46.8 Å². The molecule has 0 N–H and O–H groups in total. The normalized spacial score (nSPS) is 11.3. The topological polar surface area (TPSA) is 60.7 Å². The second-order valence-corrected chi connectivity index (χ2v) is 11.4. The van der Waals surface area contributed by atoms with Gasteiger partial charge >= 0.3 is 0 Å². The number of hydrogen-bond acceptors (Lipinski definition) is 5. The number of aryl methyl sites for hydroxylation is 1. The summed E-state index contributed by atoms with van der Waals surface area (Å²) >= 11 is 1.36. The lowest BCUT2D eigenvalue weighted by Crippen LogP contribution is -2.35. The largest absolute Gasteiger partial charge is 0.283 e. The van der Waals surface area contributed by atoms with Gasteiger partial charge in [-0.2, -0.15) is 0 Å². The van der Waals surface area contributed by atoms with E-state index in [9.17, 15) is 4.79 Å². The molecule has 7 heteroatoms. The number of thioether (sulfide) groups is 1. The molecule has 0 aliphatic heterocycles. The highest BCUT2D eigenvalue weighted by Crippen LogP contribution is 2.55. The summed E-state index contributed by atoms with van der Waals surface area (Å²) in [7, 11) is -2.13. The van der Waals surface area contributed by atoms with Crippen LogP contribution in [0.3, 0.4) is 0 Å². The molecule has 0 saturated heterocycles. The van der Waals surface area contributed by atoms with E-state index in [0.29, 0.717) is 18.5 Å². The standard InChI is InChI=1S/C23H22N4OPS/c28-23(30-17-16-27-19-24-25-26-27)18-29(20-10-4-1-5-11-20,21-12-6-2-7-13-21)22-14-8-3-9-15-22/h1-15,19H,16-18H2/q+1. The molecule has 1 aromatic heterocycles. The Labute approximate surface area is 180 Å². The molecule has 0 atom stereocenters. The van der Waals surface area contributed by atoms with Crippen molar-refractivity contribution in [3.8, 4) is 0 Å². The predicted molar refractivity (Wildman–Crippen MR) is 125 cm³/mol. The van der Waals surface area contributed by atoms with Gasteiger partial charge in [-0.3, -0.25) is 4.79 Å². The van der Waals surface area contributed by atoms with Crippen molar-refractivity contribution in [1.82, 2.24) is 20.2 Å². The van der Waals surface area contributed by atoms with E-state index in [-0.39, 0.29) is 5.12 Å². The van der Waals surface area contributed by atoms with Gasteiger partial charge in [-0.25, -0.2) is 4.68 Å². The minimum atomic E-state index is -2.13. The van der Waals surface area contributed by atoms with Crippen molar-refractivity contribution in [3.63, 3.8) is 0 Å². The molecule has 0 spiro atoms. The SMILES string of the molecule is O=C(C[P+](c1ccccc1)(c1ccccc1)c1ccccc1)SCCn1cnnn1. The Morgan fingerprint density at radius 3 is 1.73 bits per heavy atom. The van der Waals surface area contributed by atoms with Crippen LogP contribution in [0.2, 0.25) is 0 Å². The van der Waals surface area contributed by atoms with Crippen LogP contribution in [-0.4, -0.2) is 37.2 Å². The summed E-state index contributed by atoms with van der Waals surface area (Å²) in [5.74, 6) is 0.641. The molecule has 0 unspecified atom stereocenters. The van der Waals surface area contributed by atoms with E-state index < -0.39 is 7.26 Å². The molecule has 0 radical (unpaired) electrons. The van der Waals surface area contributed by atoms with Crippen molar-refractivity contribution >= 4 is 40.1 Å². The summed E-state index contributed by atoms with van der Waals surface area (Å²) in [5.41, 5.74) is 0. The average molecular weight is 433 g/mol. The van der Waals surface area contributed by atoms with Crippen LogP contribution in [0, 0.1) is 0 Å². The van der Waals surface area contributed by atoms with Crippen molar-refractivity contribution in [3.05, 3.63) is 97.3 Å². The molecule has 0 amide bonds. The third kappa shape index (κ3) is 4.50. The number of benzene rings is 3. The molecular weight excluding hydrogens is 411 g/mol. The zero-order valence-corrected chi connectivity index (χ0v) is 18.1. The lowest BCUT2D eigenvalue weighted by atomic mass is 10.4. The highest BCUT2D eigenvalue weighted by Gasteiger charge is 2.47. The van der Waals surface area contributed by atoms with Gasteiger partial charge in [-0.15, -0.1) is 5.10 Å². The van der Waals surface area contributed by atoms with Gasteiger partial charge in [0.05, 0.1) is 6.54 Å². The third-order valence-corrected chi connectivity index (χ3v) is 10.3. The van der Waals surface area contributed by atoms with Crippen LogP contribution in [0.15, 0.2) is 97.3 Å². The van der Waals surface area contributed by atoms with Gasteiger partial charge in [0.25, 0.3) is 0 Å². The number of rotatable bonds is 8. The lowest BCUT2D eigenvalue weighted by Gasteiger charge is -2.26. The summed E-state index contributed by atoms with van der Waals surface area (Å²) < 4.78 is 1.65. The first-order valence-electron chi connectivity index (χ1n) is 9.70. The van der Waals surface area contributed by atoms with Gasteiger partial charge in [0.2, 0.25) is 5.12 Å². The van der Waals surface area contributed by atoms with Gasteiger partial charge in [0, 0.05) is 5.75 Å². The average Bonchev–Trinajstić information content (AvgIpc) is 3.33. The summed E-state index contributed by atoms with van der Waals surface area (Å²) in [5, 5.41) is 15.0. The molecule has 30 heavy (non-hydrogen) atoms. The zero-order chi connectivity index (χ0) is 20.7. The number of carbonyl (C=O) groups is 1. The van der Waals surface area contributed by atoms with E-state index in [1.807, 2.05) is 18.2 Å². The lowest BCUT2D eigenvalue weighted by molar-refractivity contribution is -0.108. The van der Waals surface area contributed by atoms with Crippen LogP contribution in [0.4, 0.5) is 0 Å². The van der Waals surface area contributed by atoms with Crippen molar-refractivity contribution in [1.29, 1.82) is 0 Å². The third-order valence-electron chi connectivity index (χ3n) is 4.93. The fourth-order valence-corrected chi connectivity index (χ4v) is 8.87. The van der Waals surface area contributed by atoms with Gasteiger partial charge in [-0.1, -0.05) is 66.4 Å². The van der Waals surface area contributed by atoms with Crippen LogP contribution in [0.5, 0.6) is 0 Å². The van der Waals surface area contributed by atoms with E-state index in [0.717, 1.165) is 0 Å². The first-order valence-corrected chi connectivity index (χ1v) is 12.7. The van der Waals surface area contributed by atoms with E-state index in [2.05, 4.69) is 88.3 Å². The molecule has 150 valence electrons. The van der Waals surface area contributed by atoms with Gasteiger partial charge in [0.15, 0.2) is 0 Å². The maximum Gasteiger partial charge on any atom is 0.227 e. The summed E-state index contributed by atoms with van der Waals surface area (Å²) in [6.07, 6.45) is 2.05. The fraction of sp³-hybridized carbons (Fsp3) is 0.130. The maximum absolute atomic E-state index is 13.2.